The molecule has 0 spiro atoms. The molecule has 23 nitrogen and oxygen atoms in total. The molecule has 23 heteroatoms. The zero-order valence-electron chi connectivity index (χ0n) is 43.1. The van der Waals surface area contributed by atoms with Gasteiger partial charge in [-0.25, -0.2) is 9.59 Å². The highest BCUT2D eigenvalue weighted by atomic mass is 16.5. The van der Waals surface area contributed by atoms with Crippen LogP contribution in [-0.2, 0) is 59.1 Å². The van der Waals surface area contributed by atoms with E-state index >= 15 is 0 Å². The molecule has 1 aromatic rings. The largest absolute Gasteiger partial charge is 0.480 e. The predicted molar refractivity (Wildman–Crippen MR) is 269 cm³/mol. The summed E-state index contributed by atoms with van der Waals surface area (Å²) in [6.07, 6.45) is 3.70. The number of nitrogens with two attached hydrogens (primary N) is 2. The van der Waals surface area contributed by atoms with E-state index in [0.29, 0.717) is 12.0 Å². The molecule has 402 valence electrons. The molecule has 12 N–H and O–H groups in total. The van der Waals surface area contributed by atoms with E-state index < -0.39 is 132 Å². The molecule has 7 amide bonds. The van der Waals surface area contributed by atoms with Crippen LogP contribution >= 0.6 is 0 Å². The molecule has 1 aliphatic rings. The molecule has 1 fully saturated rings. The van der Waals surface area contributed by atoms with E-state index in [0.717, 1.165) is 10.5 Å². The highest BCUT2D eigenvalue weighted by Crippen LogP contribution is 2.20. The monoisotopic (exact) mass is 1020 g/mol. The van der Waals surface area contributed by atoms with Gasteiger partial charge in [-0.3, -0.25) is 43.3 Å². The van der Waals surface area contributed by atoms with Crippen LogP contribution in [0.2, 0.25) is 0 Å². The molecule has 0 radical (unpaired) electrons. The van der Waals surface area contributed by atoms with Crippen molar-refractivity contribution in [2.45, 2.75) is 136 Å². The van der Waals surface area contributed by atoms with E-state index in [4.69, 9.17) is 16.2 Å². The molecule has 10 atom stereocenters. The third-order valence-electron chi connectivity index (χ3n) is 12.0. The minimum absolute atomic E-state index is 0.00249. The number of aliphatic imine (C=N–C) groups is 1. The molecule has 0 bridgehead atoms. The highest BCUT2D eigenvalue weighted by Gasteiger charge is 2.37. The van der Waals surface area contributed by atoms with Crippen LogP contribution in [0.15, 0.2) is 71.4 Å². The number of carbonyl (C=O) groups is 10. The molecule has 0 saturated carbocycles. The second kappa shape index (κ2) is 29.7. The number of aliphatic carboxylic acids is 2. The van der Waals surface area contributed by atoms with Gasteiger partial charge in [0.25, 0.3) is 5.91 Å². The van der Waals surface area contributed by atoms with Gasteiger partial charge in [0, 0.05) is 39.3 Å². The van der Waals surface area contributed by atoms with Gasteiger partial charge < -0.3 is 63.2 Å². The topological polar surface area (TPSA) is 360 Å². The molecule has 10 unspecified atom stereocenters. The highest BCUT2D eigenvalue weighted by molar-refractivity contribution is 6.00. The molecule has 1 aromatic carbocycles. The SMILES string of the molecule is C=C1C(=O)NC(C)C(=O)NC(CC(C)C)C(=O)NC(C(=O)O)C(C)C(=O)NC(CCCN=C(N)N)C(=O)NC(C=CC(C)=CC(C)C(Cc2ccccc2)OC(C)=O)C(C)C(=O)NC(C(=O)O)CCC(=O)N1C. The number of guanidine groups is 1. The number of rotatable bonds is 15. The second-order valence-corrected chi connectivity index (χ2v) is 18.6. The summed E-state index contributed by atoms with van der Waals surface area (Å²) in [7, 11) is 1.20. The van der Waals surface area contributed by atoms with Crippen molar-refractivity contribution in [1.29, 1.82) is 0 Å². The maximum atomic E-state index is 14.4. The minimum Gasteiger partial charge on any atom is -0.480 e. The number of carboxylic acids is 2. The van der Waals surface area contributed by atoms with Crippen LogP contribution in [0.4, 0.5) is 0 Å². The Labute approximate surface area is 425 Å². The quantitative estimate of drug-likeness (QED) is 0.0286. The number of carbonyl (C=O) groups excluding carboxylic acids is 8. The molecule has 73 heavy (non-hydrogen) atoms. The smallest absolute Gasteiger partial charge is 0.327 e. The third-order valence-corrected chi connectivity index (χ3v) is 12.0. The summed E-state index contributed by atoms with van der Waals surface area (Å²) < 4.78 is 5.67. The molecular formula is C50H74N10O13. The molecule has 2 rings (SSSR count). The van der Waals surface area contributed by atoms with E-state index in [1.807, 2.05) is 43.3 Å². The summed E-state index contributed by atoms with van der Waals surface area (Å²) in [5.41, 5.74) is 12.1. The molecule has 0 aliphatic carbocycles. The number of amides is 7. The van der Waals surface area contributed by atoms with Crippen LogP contribution in [-0.4, -0.2) is 136 Å². The van der Waals surface area contributed by atoms with Crippen LogP contribution in [0.3, 0.4) is 0 Å². The van der Waals surface area contributed by atoms with E-state index in [1.165, 1.54) is 40.8 Å². The van der Waals surface area contributed by atoms with Crippen LogP contribution in [0, 0.1) is 23.7 Å². The fourth-order valence-electron chi connectivity index (χ4n) is 7.52. The summed E-state index contributed by atoms with van der Waals surface area (Å²) in [4.78, 5) is 138. The first kappa shape index (κ1) is 61.5. The van der Waals surface area contributed by atoms with Crippen molar-refractivity contribution in [1.82, 2.24) is 36.8 Å². The van der Waals surface area contributed by atoms with Crippen LogP contribution in [0.5, 0.6) is 0 Å². The zero-order chi connectivity index (χ0) is 55.3. The van der Waals surface area contributed by atoms with Crippen LogP contribution in [0.1, 0.15) is 93.1 Å². The van der Waals surface area contributed by atoms with Gasteiger partial charge in [-0.1, -0.05) is 95.3 Å². The van der Waals surface area contributed by atoms with E-state index in [2.05, 4.69) is 43.5 Å². The van der Waals surface area contributed by atoms with Gasteiger partial charge in [-0.2, -0.15) is 0 Å². The number of allylic oxidation sites excluding steroid dienone is 2. The first-order valence-corrected chi connectivity index (χ1v) is 24.0. The fourth-order valence-corrected chi connectivity index (χ4v) is 7.52. The number of benzene rings is 1. The van der Waals surface area contributed by atoms with E-state index in [9.17, 15) is 58.2 Å². The van der Waals surface area contributed by atoms with Crippen molar-refractivity contribution in [3.05, 3.63) is 72.0 Å². The second-order valence-electron chi connectivity index (χ2n) is 18.6. The van der Waals surface area contributed by atoms with E-state index in [1.54, 1.807) is 26.8 Å². The number of nitrogens with zero attached hydrogens (tertiary/aromatic N) is 2. The lowest BCUT2D eigenvalue weighted by atomic mass is 9.94. The number of hydrogen-bond donors (Lipinski definition) is 10. The van der Waals surface area contributed by atoms with Crippen molar-refractivity contribution < 1.29 is 62.9 Å². The fraction of sp³-hybridized carbons (Fsp3) is 0.540. The maximum absolute atomic E-state index is 14.4. The Hall–Kier alpha value is -7.59. The average molecular weight is 1020 g/mol. The Morgan fingerprint density at radius 3 is 2.00 bits per heavy atom. The Bertz CT molecular complexity index is 2260. The van der Waals surface area contributed by atoms with Gasteiger partial charge in [-0.05, 0) is 51.0 Å². The van der Waals surface area contributed by atoms with Gasteiger partial charge >= 0.3 is 17.9 Å². The van der Waals surface area contributed by atoms with Crippen LogP contribution < -0.4 is 43.4 Å². The lowest BCUT2D eigenvalue weighted by Crippen LogP contribution is -2.59. The third kappa shape index (κ3) is 21.0. The van der Waals surface area contributed by atoms with Crippen molar-refractivity contribution in [3.63, 3.8) is 0 Å². The Morgan fingerprint density at radius 1 is 0.822 bits per heavy atom. The van der Waals surface area contributed by atoms with Gasteiger partial charge in [0.2, 0.25) is 35.4 Å². The maximum Gasteiger partial charge on any atom is 0.327 e. The van der Waals surface area contributed by atoms with Crippen molar-refractivity contribution >= 4 is 65.2 Å². The Balaban J connectivity index is 2.76. The first-order chi connectivity index (χ1) is 34.1. The zero-order valence-corrected chi connectivity index (χ0v) is 43.1. The lowest BCUT2D eigenvalue weighted by molar-refractivity contribution is -0.148. The first-order valence-electron chi connectivity index (χ1n) is 24.0. The van der Waals surface area contributed by atoms with Crippen molar-refractivity contribution in [2.24, 2.45) is 40.1 Å². The number of likely N-dealkylation sites (N-methyl/N-ethyl adjacent to an activating group) is 1. The van der Waals surface area contributed by atoms with Gasteiger partial charge in [-0.15, -0.1) is 0 Å². The predicted octanol–water partition coefficient (Wildman–Crippen LogP) is 0.535. The number of esters is 1. The molecular weight excluding hydrogens is 949 g/mol. The Kier molecular flexibility index (Phi) is 25.0. The molecule has 1 saturated heterocycles. The number of carboxylic acid groups (broad SMARTS) is 2. The lowest BCUT2D eigenvalue weighted by Gasteiger charge is -2.28. The number of hydrogen-bond acceptors (Lipinski definition) is 12. The number of nitrogens with one attached hydrogen (secondary N) is 6. The average Bonchev–Trinajstić information content (AvgIpc) is 3.31. The van der Waals surface area contributed by atoms with Gasteiger partial charge in [0.1, 0.15) is 42.0 Å². The summed E-state index contributed by atoms with van der Waals surface area (Å²) in [5, 5.41) is 35.4. The summed E-state index contributed by atoms with van der Waals surface area (Å²) in [6.45, 7) is 15.9. The molecule has 1 heterocycles. The normalized spacial score (nSPS) is 24.8. The summed E-state index contributed by atoms with van der Waals surface area (Å²) >= 11 is 0. The standard InChI is InChI=1S/C50H74N10O13/c1-26(2)23-38-47(68)59-41(49(71)72)30(6)43(64)56-36(17-14-22-53-50(51)52)46(67)55-35(19-18-27(3)24-28(4)39(73-33(9)61)25-34-15-12-11-13-16-34)29(5)42(63)57-37(48(69)70)20-21-40(62)60(10)32(8)45(66)54-31(7)44(65)58-38/h11-13,15-16,18-19,24,26,28-31,35-39,41H,8,14,17,20-23,25H2,1-7,9-10H3,(H,54,66)(H,55,67)(H,56,64)(H,57,63)(H,58,65)(H,59,68)(H,69,70)(H,71,72)(H4,51,52,53). The van der Waals surface area contributed by atoms with Gasteiger partial charge in [0.15, 0.2) is 5.96 Å². The molecule has 1 aliphatic heterocycles. The summed E-state index contributed by atoms with van der Waals surface area (Å²) in [6, 6.07) is 0.440. The number of ether oxygens (including phenoxy) is 1. The minimum atomic E-state index is -1.90. The van der Waals surface area contributed by atoms with Gasteiger partial charge in [0.05, 0.1) is 17.9 Å². The summed E-state index contributed by atoms with van der Waals surface area (Å²) in [5.74, 6) is -13.6. The Morgan fingerprint density at radius 2 is 1.42 bits per heavy atom. The molecule has 0 aromatic heterocycles. The van der Waals surface area contributed by atoms with Crippen molar-refractivity contribution in [2.75, 3.05) is 13.6 Å². The van der Waals surface area contributed by atoms with Crippen LogP contribution in [0.25, 0.3) is 0 Å². The van der Waals surface area contributed by atoms with E-state index in [-0.39, 0.29) is 43.6 Å². The van der Waals surface area contributed by atoms with Crippen molar-refractivity contribution in [3.8, 4) is 0 Å².